The third-order valence-electron chi connectivity index (χ3n) is 1.52. The lowest BCUT2D eigenvalue weighted by Crippen LogP contribution is -2.26. The van der Waals surface area contributed by atoms with Crippen LogP contribution < -0.4 is 0 Å². The molecule has 0 aromatic heterocycles. The van der Waals surface area contributed by atoms with Gasteiger partial charge < -0.3 is 4.74 Å². The number of hydrogen-bond acceptors (Lipinski definition) is 4. The molecule has 0 heterocycles. The van der Waals surface area contributed by atoms with Crippen LogP contribution in [-0.4, -0.2) is 23.5 Å². The first-order valence-electron chi connectivity index (χ1n) is 3.95. The lowest BCUT2D eigenvalue weighted by Gasteiger charge is -2.07. The lowest BCUT2D eigenvalue weighted by molar-refractivity contribution is -0.525. The molecular formula is C8H13NO4. The Morgan fingerprint density at radius 3 is 2.54 bits per heavy atom. The molecule has 0 N–H and O–H groups in total. The van der Waals surface area contributed by atoms with Crippen LogP contribution in [0, 0.1) is 10.1 Å². The summed E-state index contributed by atoms with van der Waals surface area (Å²) in [5.74, 6) is -0.583. The molecule has 1 atom stereocenters. The molecule has 13 heavy (non-hydrogen) atoms. The number of carbonyl (C=O) groups excluding carboxylic acids is 1. The van der Waals surface area contributed by atoms with E-state index in [1.165, 1.54) is 6.92 Å². The van der Waals surface area contributed by atoms with Gasteiger partial charge in [-0.25, -0.2) is 4.79 Å². The van der Waals surface area contributed by atoms with E-state index < -0.39 is 16.9 Å². The number of esters is 1. The van der Waals surface area contributed by atoms with Gasteiger partial charge >= 0.3 is 5.97 Å². The van der Waals surface area contributed by atoms with Gasteiger partial charge in [-0.3, -0.25) is 10.1 Å². The first-order valence-corrected chi connectivity index (χ1v) is 3.95. The number of hydrogen-bond donors (Lipinski definition) is 0. The lowest BCUT2D eigenvalue weighted by atomic mass is 10.2. The van der Waals surface area contributed by atoms with Crippen LogP contribution in [0.2, 0.25) is 0 Å². The van der Waals surface area contributed by atoms with Crippen molar-refractivity contribution in [1.29, 1.82) is 0 Å². The summed E-state index contributed by atoms with van der Waals surface area (Å²) in [4.78, 5) is 20.7. The van der Waals surface area contributed by atoms with E-state index in [1.807, 2.05) is 0 Å². The van der Waals surface area contributed by atoms with E-state index in [-0.39, 0.29) is 12.2 Å². The SMILES string of the molecule is C=C(C)C(=O)OC[C@H](CC)[N+](=O)[O-]. The number of nitrogens with zero attached hydrogens (tertiary/aromatic N) is 1. The van der Waals surface area contributed by atoms with Crippen molar-refractivity contribution in [3.63, 3.8) is 0 Å². The molecule has 0 aromatic rings. The first kappa shape index (κ1) is 11.6. The summed E-state index contributed by atoms with van der Waals surface area (Å²) < 4.78 is 4.64. The van der Waals surface area contributed by atoms with E-state index in [1.54, 1.807) is 6.92 Å². The van der Waals surface area contributed by atoms with E-state index >= 15 is 0 Å². The summed E-state index contributed by atoms with van der Waals surface area (Å²) >= 11 is 0. The van der Waals surface area contributed by atoms with Gasteiger partial charge in [-0.05, 0) is 6.92 Å². The second-order valence-corrected chi connectivity index (χ2v) is 2.73. The summed E-state index contributed by atoms with van der Waals surface area (Å²) in [6.45, 7) is 6.34. The molecule has 5 heteroatoms. The quantitative estimate of drug-likeness (QED) is 0.280. The van der Waals surface area contributed by atoms with Crippen LogP contribution in [0.15, 0.2) is 12.2 Å². The molecular weight excluding hydrogens is 174 g/mol. The van der Waals surface area contributed by atoms with Crippen molar-refractivity contribution in [2.45, 2.75) is 26.3 Å². The summed E-state index contributed by atoms with van der Waals surface area (Å²) in [5.41, 5.74) is 0.248. The van der Waals surface area contributed by atoms with Crippen molar-refractivity contribution in [3.8, 4) is 0 Å². The van der Waals surface area contributed by atoms with Crippen LogP contribution in [0.5, 0.6) is 0 Å². The van der Waals surface area contributed by atoms with Crippen molar-refractivity contribution in [1.82, 2.24) is 0 Å². The van der Waals surface area contributed by atoms with Crippen LogP contribution in [0.4, 0.5) is 0 Å². The van der Waals surface area contributed by atoms with E-state index in [4.69, 9.17) is 0 Å². The van der Waals surface area contributed by atoms with Crippen molar-refractivity contribution < 1.29 is 14.5 Å². The zero-order valence-electron chi connectivity index (χ0n) is 7.78. The number of carbonyl (C=O) groups is 1. The summed E-state index contributed by atoms with van der Waals surface area (Å²) in [5, 5.41) is 10.3. The minimum Gasteiger partial charge on any atom is -0.455 e. The Labute approximate surface area is 76.5 Å². The third-order valence-corrected chi connectivity index (χ3v) is 1.52. The van der Waals surface area contributed by atoms with Crippen LogP contribution in [-0.2, 0) is 9.53 Å². The zero-order chi connectivity index (χ0) is 10.4. The fraction of sp³-hybridized carbons (Fsp3) is 0.625. The Morgan fingerprint density at radius 2 is 2.23 bits per heavy atom. The molecule has 0 aliphatic rings. The zero-order valence-corrected chi connectivity index (χ0v) is 7.78. The topological polar surface area (TPSA) is 69.4 Å². The molecule has 0 radical (unpaired) electrons. The Balaban J connectivity index is 3.92. The van der Waals surface area contributed by atoms with Crippen molar-refractivity contribution in [2.75, 3.05) is 6.61 Å². The van der Waals surface area contributed by atoms with Crippen LogP contribution in [0.1, 0.15) is 20.3 Å². The predicted molar refractivity (Wildman–Crippen MR) is 46.8 cm³/mol. The normalized spacial score (nSPS) is 11.8. The van der Waals surface area contributed by atoms with Crippen molar-refractivity contribution >= 4 is 5.97 Å². The van der Waals surface area contributed by atoms with Gasteiger partial charge in [0.05, 0.1) is 0 Å². The molecule has 74 valence electrons. The smallest absolute Gasteiger partial charge is 0.333 e. The monoisotopic (exact) mass is 187 g/mol. The molecule has 0 amide bonds. The second-order valence-electron chi connectivity index (χ2n) is 2.73. The standard InChI is InChI=1S/C8H13NO4/c1-4-7(9(11)12)5-13-8(10)6(2)3/h7H,2,4-5H2,1,3H3/t7-/m0/s1. The van der Waals surface area contributed by atoms with Gasteiger partial charge in [0.15, 0.2) is 6.61 Å². The average Bonchev–Trinajstić information content (AvgIpc) is 2.04. The minimum absolute atomic E-state index is 0.185. The molecule has 5 nitrogen and oxygen atoms in total. The van der Waals surface area contributed by atoms with E-state index in [2.05, 4.69) is 11.3 Å². The van der Waals surface area contributed by atoms with Crippen molar-refractivity contribution in [2.24, 2.45) is 0 Å². The number of nitro groups is 1. The van der Waals surface area contributed by atoms with E-state index in [9.17, 15) is 14.9 Å². The van der Waals surface area contributed by atoms with E-state index in [0.29, 0.717) is 6.42 Å². The maximum Gasteiger partial charge on any atom is 0.333 e. The van der Waals surface area contributed by atoms with Gasteiger partial charge in [0, 0.05) is 16.9 Å². The van der Waals surface area contributed by atoms with Gasteiger partial charge in [0.1, 0.15) is 0 Å². The molecule has 0 saturated heterocycles. The molecule has 0 aliphatic heterocycles. The predicted octanol–water partition coefficient (Wildman–Crippen LogP) is 1.16. The molecule has 0 bridgehead atoms. The number of ether oxygens (including phenoxy) is 1. The molecule has 0 rings (SSSR count). The first-order chi connectivity index (χ1) is 5.99. The highest BCUT2D eigenvalue weighted by atomic mass is 16.6. The third kappa shape index (κ3) is 4.25. The largest absolute Gasteiger partial charge is 0.455 e. The van der Waals surface area contributed by atoms with Crippen LogP contribution in [0.25, 0.3) is 0 Å². The summed E-state index contributed by atoms with van der Waals surface area (Å²) in [6, 6.07) is -0.816. The molecule has 0 unspecified atom stereocenters. The molecule has 0 aromatic carbocycles. The highest BCUT2D eigenvalue weighted by molar-refractivity contribution is 5.86. The Hall–Kier alpha value is -1.39. The second kappa shape index (κ2) is 5.29. The van der Waals surface area contributed by atoms with Gasteiger partial charge in [-0.2, -0.15) is 0 Å². The molecule has 0 spiro atoms. The fourth-order valence-corrected chi connectivity index (χ4v) is 0.623. The van der Waals surface area contributed by atoms with Gasteiger partial charge in [-0.1, -0.05) is 13.5 Å². The average molecular weight is 187 g/mol. The highest BCUT2D eigenvalue weighted by Gasteiger charge is 2.19. The molecule has 0 saturated carbocycles. The van der Waals surface area contributed by atoms with Gasteiger partial charge in [0.25, 0.3) is 0 Å². The Kier molecular flexibility index (Phi) is 4.72. The van der Waals surface area contributed by atoms with Crippen LogP contribution in [0.3, 0.4) is 0 Å². The fourth-order valence-electron chi connectivity index (χ4n) is 0.623. The molecule has 0 aliphatic carbocycles. The van der Waals surface area contributed by atoms with Crippen LogP contribution >= 0.6 is 0 Å². The van der Waals surface area contributed by atoms with Crippen molar-refractivity contribution in [3.05, 3.63) is 22.3 Å². The summed E-state index contributed by atoms with van der Waals surface area (Å²) in [6.07, 6.45) is 0.344. The van der Waals surface area contributed by atoms with E-state index in [0.717, 1.165) is 0 Å². The maximum absolute atomic E-state index is 10.8. The Bertz CT molecular complexity index is 224. The number of rotatable bonds is 5. The molecule has 0 fully saturated rings. The Morgan fingerprint density at radius 1 is 1.69 bits per heavy atom. The minimum atomic E-state index is -0.816. The van der Waals surface area contributed by atoms with Gasteiger partial charge in [-0.15, -0.1) is 0 Å². The highest BCUT2D eigenvalue weighted by Crippen LogP contribution is 1.99. The maximum atomic E-state index is 10.8. The summed E-state index contributed by atoms with van der Waals surface area (Å²) in [7, 11) is 0. The van der Waals surface area contributed by atoms with Gasteiger partial charge in [0.2, 0.25) is 6.04 Å².